The molecule has 0 radical (unpaired) electrons. The van der Waals surface area contributed by atoms with Gasteiger partial charge in [0.25, 0.3) is 5.89 Å². The highest BCUT2D eigenvalue weighted by Crippen LogP contribution is 2.22. The molecular formula is C17H16FN3O3S. The molecule has 1 amide bonds. The number of thiophene rings is 1. The fraction of sp³-hybridized carbons (Fsp3) is 0.235. The normalized spacial score (nSPS) is 13.4. The molecule has 0 fully saturated rings. The summed E-state index contributed by atoms with van der Waals surface area (Å²) in [5.41, 5.74) is 0.758. The third-order valence-corrected chi connectivity index (χ3v) is 4.63. The Hall–Kier alpha value is -2.74. The first-order valence-electron chi connectivity index (χ1n) is 7.65. The number of nitrogens with one attached hydrogen (secondary N) is 1. The smallest absolute Gasteiger partial charge is 0.387 e. The number of amides is 1. The van der Waals surface area contributed by atoms with E-state index < -0.39 is 11.8 Å². The summed E-state index contributed by atoms with van der Waals surface area (Å²) in [5, 5.41) is 8.73. The molecule has 0 aliphatic heterocycles. The molecule has 25 heavy (non-hydrogen) atoms. The minimum atomic E-state index is -0.840. The molecule has 6 nitrogen and oxygen atoms in total. The number of halogens is 1. The van der Waals surface area contributed by atoms with E-state index in [1.54, 1.807) is 32.0 Å². The summed E-state index contributed by atoms with van der Waals surface area (Å²) in [6.45, 7) is 3.34. The van der Waals surface area contributed by atoms with Gasteiger partial charge in [0.1, 0.15) is 11.9 Å². The van der Waals surface area contributed by atoms with Gasteiger partial charge in [-0.25, -0.2) is 9.18 Å². The first kappa shape index (κ1) is 17.1. The van der Waals surface area contributed by atoms with Gasteiger partial charge in [0.05, 0.1) is 10.9 Å². The Balaban J connectivity index is 1.74. The summed E-state index contributed by atoms with van der Waals surface area (Å²) in [7, 11) is 0. The Morgan fingerprint density at radius 2 is 2.00 bits per heavy atom. The van der Waals surface area contributed by atoms with Crippen molar-refractivity contribution in [2.24, 2.45) is 0 Å². The Morgan fingerprint density at radius 3 is 2.64 bits per heavy atom. The summed E-state index contributed by atoms with van der Waals surface area (Å²) in [6, 6.07) is 8.28. The van der Waals surface area contributed by atoms with Gasteiger partial charge >= 0.3 is 5.76 Å². The van der Waals surface area contributed by atoms with E-state index in [1.807, 2.05) is 11.4 Å². The van der Waals surface area contributed by atoms with E-state index in [9.17, 15) is 14.0 Å². The number of aromatic nitrogens is 2. The van der Waals surface area contributed by atoms with E-state index in [0.717, 1.165) is 10.2 Å². The maximum Gasteiger partial charge on any atom is 0.438 e. The highest BCUT2D eigenvalue weighted by Gasteiger charge is 2.23. The number of benzene rings is 1. The van der Waals surface area contributed by atoms with Gasteiger partial charge in [0, 0.05) is 0 Å². The summed E-state index contributed by atoms with van der Waals surface area (Å²) in [6.07, 6.45) is 0. The highest BCUT2D eigenvalue weighted by atomic mass is 32.1. The Bertz CT molecular complexity index is 916. The van der Waals surface area contributed by atoms with Crippen LogP contribution in [0.2, 0.25) is 0 Å². The molecular weight excluding hydrogens is 345 g/mol. The quantitative estimate of drug-likeness (QED) is 0.757. The molecule has 0 saturated carbocycles. The van der Waals surface area contributed by atoms with Gasteiger partial charge in [0.15, 0.2) is 0 Å². The second-order valence-electron chi connectivity index (χ2n) is 5.55. The molecule has 2 atom stereocenters. The molecule has 0 unspecified atom stereocenters. The molecule has 2 aromatic heterocycles. The van der Waals surface area contributed by atoms with E-state index in [2.05, 4.69) is 10.4 Å². The van der Waals surface area contributed by atoms with E-state index in [1.165, 1.54) is 23.5 Å². The molecule has 130 valence electrons. The molecule has 1 N–H and O–H groups in total. The first-order chi connectivity index (χ1) is 12.0. The molecule has 0 aliphatic carbocycles. The van der Waals surface area contributed by atoms with Gasteiger partial charge in [0.2, 0.25) is 5.91 Å². The van der Waals surface area contributed by atoms with Crippen LogP contribution >= 0.6 is 11.3 Å². The van der Waals surface area contributed by atoms with Gasteiger partial charge in [-0.3, -0.25) is 4.79 Å². The molecule has 0 bridgehead atoms. The van der Waals surface area contributed by atoms with Gasteiger partial charge in [-0.1, -0.05) is 18.2 Å². The van der Waals surface area contributed by atoms with Crippen LogP contribution in [0.5, 0.6) is 0 Å². The summed E-state index contributed by atoms with van der Waals surface area (Å²) < 4.78 is 19.1. The fourth-order valence-electron chi connectivity index (χ4n) is 2.31. The standard InChI is InChI=1S/C17H16FN3O3S/c1-10(12-5-7-13(18)8-6-12)19-15(22)11(2)21-17(23)24-16(20-21)14-4-3-9-25-14/h3-11H,1-2H3,(H,19,22)/t10-,11+/m0/s1. The number of rotatable bonds is 5. The lowest BCUT2D eigenvalue weighted by Gasteiger charge is -2.17. The number of hydrogen-bond donors (Lipinski definition) is 1. The van der Waals surface area contributed by atoms with Crippen molar-refractivity contribution < 1.29 is 13.6 Å². The third kappa shape index (κ3) is 3.69. The Morgan fingerprint density at radius 1 is 1.28 bits per heavy atom. The Labute approximate surface area is 146 Å². The topological polar surface area (TPSA) is 77.1 Å². The molecule has 3 rings (SSSR count). The van der Waals surface area contributed by atoms with Crippen molar-refractivity contribution in [1.29, 1.82) is 0 Å². The van der Waals surface area contributed by atoms with Crippen LogP contribution in [0.15, 0.2) is 51.0 Å². The Kier molecular flexibility index (Phi) is 4.80. The van der Waals surface area contributed by atoms with Crippen LogP contribution < -0.4 is 11.1 Å². The predicted molar refractivity (Wildman–Crippen MR) is 91.7 cm³/mol. The van der Waals surface area contributed by atoms with Crippen molar-refractivity contribution in [3.05, 3.63) is 63.7 Å². The maximum absolute atomic E-state index is 13.0. The van der Waals surface area contributed by atoms with Crippen molar-refractivity contribution in [3.63, 3.8) is 0 Å². The molecule has 0 saturated heterocycles. The highest BCUT2D eigenvalue weighted by molar-refractivity contribution is 7.13. The number of hydrogen-bond acceptors (Lipinski definition) is 5. The van der Waals surface area contributed by atoms with Crippen LogP contribution in [-0.2, 0) is 4.79 Å². The van der Waals surface area contributed by atoms with Crippen molar-refractivity contribution in [2.75, 3.05) is 0 Å². The first-order valence-corrected chi connectivity index (χ1v) is 8.53. The maximum atomic E-state index is 13.0. The van der Waals surface area contributed by atoms with Crippen LogP contribution in [0.3, 0.4) is 0 Å². The van der Waals surface area contributed by atoms with Crippen molar-refractivity contribution in [2.45, 2.75) is 25.9 Å². The predicted octanol–water partition coefficient (Wildman–Crippen LogP) is 3.14. The van der Waals surface area contributed by atoms with Crippen LogP contribution in [0.25, 0.3) is 10.8 Å². The van der Waals surface area contributed by atoms with Crippen LogP contribution in [0.1, 0.15) is 31.5 Å². The fourth-order valence-corrected chi connectivity index (χ4v) is 2.96. The van der Waals surface area contributed by atoms with E-state index >= 15 is 0 Å². The molecule has 0 spiro atoms. The minimum absolute atomic E-state index is 0.186. The second kappa shape index (κ2) is 7.02. The van der Waals surface area contributed by atoms with E-state index in [-0.39, 0.29) is 23.7 Å². The van der Waals surface area contributed by atoms with Crippen molar-refractivity contribution in [1.82, 2.24) is 15.1 Å². The lowest BCUT2D eigenvalue weighted by molar-refractivity contribution is -0.124. The zero-order valence-corrected chi connectivity index (χ0v) is 14.4. The molecule has 8 heteroatoms. The SMILES string of the molecule is C[C@H](NC(=O)[C@@H](C)n1nc(-c2cccs2)oc1=O)c1ccc(F)cc1. The van der Waals surface area contributed by atoms with Gasteiger partial charge in [-0.15, -0.1) is 16.4 Å². The largest absolute Gasteiger partial charge is 0.438 e. The third-order valence-electron chi connectivity index (χ3n) is 3.78. The number of nitrogens with zero attached hydrogens (tertiary/aromatic N) is 2. The van der Waals surface area contributed by atoms with Crippen LogP contribution in [0, 0.1) is 5.82 Å². The minimum Gasteiger partial charge on any atom is -0.387 e. The van der Waals surface area contributed by atoms with Gasteiger partial charge in [-0.05, 0) is 43.0 Å². The van der Waals surface area contributed by atoms with Crippen LogP contribution in [-0.4, -0.2) is 15.7 Å². The molecule has 1 aromatic carbocycles. The summed E-state index contributed by atoms with van der Waals surface area (Å²) in [5.74, 6) is -1.23. The number of carbonyl (C=O) groups excluding carboxylic acids is 1. The zero-order valence-electron chi connectivity index (χ0n) is 13.6. The average Bonchev–Trinajstić information content (AvgIpc) is 3.24. The van der Waals surface area contributed by atoms with Crippen LogP contribution in [0.4, 0.5) is 4.39 Å². The average molecular weight is 361 g/mol. The monoisotopic (exact) mass is 361 g/mol. The van der Waals surface area contributed by atoms with Crippen molar-refractivity contribution in [3.8, 4) is 10.8 Å². The zero-order chi connectivity index (χ0) is 18.0. The van der Waals surface area contributed by atoms with E-state index in [0.29, 0.717) is 4.88 Å². The lowest BCUT2D eigenvalue weighted by atomic mass is 10.1. The van der Waals surface area contributed by atoms with Gasteiger partial charge in [-0.2, -0.15) is 4.68 Å². The summed E-state index contributed by atoms with van der Waals surface area (Å²) >= 11 is 1.39. The van der Waals surface area contributed by atoms with Gasteiger partial charge < -0.3 is 9.73 Å². The van der Waals surface area contributed by atoms with Crippen molar-refractivity contribution >= 4 is 17.2 Å². The lowest BCUT2D eigenvalue weighted by Crippen LogP contribution is -2.36. The molecule has 2 heterocycles. The summed E-state index contributed by atoms with van der Waals surface area (Å²) in [4.78, 5) is 25.1. The molecule has 0 aliphatic rings. The molecule has 3 aromatic rings. The van der Waals surface area contributed by atoms with E-state index in [4.69, 9.17) is 4.42 Å². The number of carbonyl (C=O) groups is 1. The second-order valence-corrected chi connectivity index (χ2v) is 6.50.